The van der Waals surface area contributed by atoms with Crippen molar-refractivity contribution in [2.45, 2.75) is 83.8 Å². The second-order valence-electron chi connectivity index (χ2n) is 13.7. The Morgan fingerprint density at radius 2 is 1.65 bits per heavy atom. The number of carbonyl (C=O) groups is 6. The van der Waals surface area contributed by atoms with Gasteiger partial charge >= 0.3 is 12.1 Å². The fraction of sp³-hybridized carbons (Fsp3) is 0.605. The molecular formula is C38H52N6O10. The molecule has 5 rings (SSSR count). The summed E-state index contributed by atoms with van der Waals surface area (Å²) in [5.74, 6) is -1.90. The van der Waals surface area contributed by atoms with Crippen LogP contribution in [0.1, 0.15) is 74.8 Å². The van der Waals surface area contributed by atoms with Gasteiger partial charge in [0.25, 0.3) is 11.8 Å². The molecule has 0 bridgehead atoms. The molecule has 0 spiro atoms. The summed E-state index contributed by atoms with van der Waals surface area (Å²) in [5, 5.41) is 6.39. The molecule has 3 fully saturated rings. The third kappa shape index (κ3) is 10.6. The second-order valence-corrected chi connectivity index (χ2v) is 13.7. The van der Waals surface area contributed by atoms with Gasteiger partial charge in [-0.05, 0) is 77.0 Å². The van der Waals surface area contributed by atoms with Crippen molar-refractivity contribution >= 4 is 46.6 Å². The van der Waals surface area contributed by atoms with E-state index >= 15 is 0 Å². The van der Waals surface area contributed by atoms with Crippen molar-refractivity contribution in [3.05, 3.63) is 35.5 Å². The number of amides is 5. The van der Waals surface area contributed by atoms with Crippen LogP contribution < -0.4 is 15.4 Å². The Morgan fingerprint density at radius 1 is 0.889 bits per heavy atom. The molecule has 1 aromatic heterocycles. The highest BCUT2D eigenvalue weighted by molar-refractivity contribution is 5.99. The lowest BCUT2D eigenvalue weighted by Gasteiger charge is -2.36. The molecule has 54 heavy (non-hydrogen) atoms. The highest BCUT2D eigenvalue weighted by Crippen LogP contribution is 2.28. The molecular weight excluding hydrogens is 700 g/mol. The Labute approximate surface area is 315 Å². The van der Waals surface area contributed by atoms with Crippen LogP contribution in [0.25, 0.3) is 10.9 Å². The van der Waals surface area contributed by atoms with Gasteiger partial charge in [-0.25, -0.2) is 9.78 Å². The van der Waals surface area contributed by atoms with Crippen molar-refractivity contribution in [2.75, 3.05) is 65.8 Å². The summed E-state index contributed by atoms with van der Waals surface area (Å²) in [7, 11) is 0. The Bertz CT molecular complexity index is 1680. The lowest BCUT2D eigenvalue weighted by molar-refractivity contribution is -0.145. The number of rotatable bonds is 16. The van der Waals surface area contributed by atoms with E-state index < -0.39 is 36.0 Å². The number of esters is 1. The van der Waals surface area contributed by atoms with Gasteiger partial charge in [0.2, 0.25) is 11.8 Å². The molecule has 294 valence electrons. The van der Waals surface area contributed by atoms with Crippen molar-refractivity contribution in [3.8, 4) is 5.75 Å². The van der Waals surface area contributed by atoms with E-state index in [-0.39, 0.29) is 94.7 Å². The number of benzene rings is 1. The number of piperazine rings is 1. The standard InChI is InChI=1S/C38H52N6O10/c1-4-51-20-21-53-34(46)14-13-28(37(49)42-16-18-43(19-17-42)38(50)52-5-2)41-35(47)30-23-32(27-12-11-25(3)22-29(27)40-30)54-24-33(45)44-15-7-10-31(44)36(48)39-26-8-6-9-26/h11-12,22-23,26,28,31H,4-10,13-21,24H2,1-3H3,(H,39,48)(H,41,47)/t28-,31-/m0/s1. The fourth-order valence-corrected chi connectivity index (χ4v) is 6.68. The van der Waals surface area contributed by atoms with Crippen LogP contribution in [0, 0.1) is 6.92 Å². The molecule has 1 saturated carbocycles. The van der Waals surface area contributed by atoms with Gasteiger partial charge in [0.15, 0.2) is 6.61 Å². The molecule has 2 atom stereocenters. The summed E-state index contributed by atoms with van der Waals surface area (Å²) >= 11 is 0. The van der Waals surface area contributed by atoms with Crippen molar-refractivity contribution in [1.29, 1.82) is 0 Å². The van der Waals surface area contributed by atoms with Gasteiger partial charge in [-0.3, -0.25) is 24.0 Å². The quantitative estimate of drug-likeness (QED) is 0.189. The third-order valence-corrected chi connectivity index (χ3v) is 9.89. The molecule has 2 aromatic rings. The van der Waals surface area contributed by atoms with Gasteiger partial charge in [0.05, 0.1) is 18.7 Å². The molecule has 5 amide bonds. The Kier molecular flexibility index (Phi) is 14.4. The van der Waals surface area contributed by atoms with Crippen molar-refractivity contribution in [2.24, 2.45) is 0 Å². The predicted molar refractivity (Wildman–Crippen MR) is 196 cm³/mol. The summed E-state index contributed by atoms with van der Waals surface area (Å²) in [6.07, 6.45) is 3.61. The Hall–Kier alpha value is -4.99. The van der Waals surface area contributed by atoms with Crippen LogP contribution in [0.15, 0.2) is 24.3 Å². The molecule has 3 heterocycles. The SMILES string of the molecule is CCOCCOC(=O)CC[C@H](NC(=O)c1cc(OCC(=O)N2CCC[C@H]2C(=O)NC2CCC2)c2ccc(C)cc2n1)C(=O)N1CCN(C(=O)OCC)CC1. The zero-order chi connectivity index (χ0) is 38.6. The summed E-state index contributed by atoms with van der Waals surface area (Å²) in [5.41, 5.74) is 1.27. The molecule has 2 aliphatic heterocycles. The van der Waals surface area contributed by atoms with Crippen LogP contribution in [0.3, 0.4) is 0 Å². The number of ether oxygens (including phenoxy) is 4. The Balaban J connectivity index is 1.30. The molecule has 1 aromatic carbocycles. The number of aromatic nitrogens is 1. The fourth-order valence-electron chi connectivity index (χ4n) is 6.68. The second kappa shape index (κ2) is 19.4. The number of likely N-dealkylation sites (tertiary alicyclic amines) is 1. The molecule has 3 aliphatic rings. The largest absolute Gasteiger partial charge is 0.483 e. The zero-order valence-electron chi connectivity index (χ0n) is 31.4. The van der Waals surface area contributed by atoms with E-state index in [1.54, 1.807) is 24.0 Å². The number of hydrogen-bond acceptors (Lipinski definition) is 11. The summed E-state index contributed by atoms with van der Waals surface area (Å²) in [6.45, 7) is 7.45. The first-order valence-corrected chi connectivity index (χ1v) is 19.0. The first kappa shape index (κ1) is 40.2. The molecule has 16 heteroatoms. The average Bonchev–Trinajstić information content (AvgIpc) is 3.65. The van der Waals surface area contributed by atoms with E-state index in [1.165, 1.54) is 15.9 Å². The third-order valence-electron chi connectivity index (χ3n) is 9.89. The molecule has 1 aliphatic carbocycles. The lowest BCUT2D eigenvalue weighted by atomic mass is 9.93. The summed E-state index contributed by atoms with van der Waals surface area (Å²) in [6, 6.07) is 5.36. The maximum Gasteiger partial charge on any atom is 0.409 e. The van der Waals surface area contributed by atoms with Crippen LogP contribution in [0.5, 0.6) is 5.75 Å². The number of carbonyl (C=O) groups excluding carboxylic acids is 6. The van der Waals surface area contributed by atoms with Crippen molar-refractivity contribution in [3.63, 3.8) is 0 Å². The first-order valence-electron chi connectivity index (χ1n) is 19.0. The minimum absolute atomic E-state index is 0.0496. The summed E-state index contributed by atoms with van der Waals surface area (Å²) < 4.78 is 21.6. The van der Waals surface area contributed by atoms with Crippen LogP contribution in [-0.2, 0) is 33.4 Å². The van der Waals surface area contributed by atoms with E-state index in [1.807, 2.05) is 19.9 Å². The molecule has 2 N–H and O–H groups in total. The summed E-state index contributed by atoms with van der Waals surface area (Å²) in [4.78, 5) is 88.0. The van der Waals surface area contributed by atoms with E-state index in [4.69, 9.17) is 18.9 Å². The van der Waals surface area contributed by atoms with Crippen LogP contribution in [0.2, 0.25) is 0 Å². The topological polar surface area (TPSA) is 186 Å². The number of aryl methyl sites for hydroxylation is 1. The number of nitrogens with zero attached hydrogens (tertiary/aromatic N) is 4. The van der Waals surface area contributed by atoms with Gasteiger partial charge in [-0.1, -0.05) is 6.07 Å². The number of hydrogen-bond donors (Lipinski definition) is 2. The molecule has 2 saturated heterocycles. The number of fused-ring (bicyclic) bond motifs is 1. The highest BCUT2D eigenvalue weighted by atomic mass is 16.6. The van der Waals surface area contributed by atoms with E-state index in [2.05, 4.69) is 15.6 Å². The molecule has 16 nitrogen and oxygen atoms in total. The lowest BCUT2D eigenvalue weighted by Crippen LogP contribution is -2.56. The average molecular weight is 753 g/mol. The minimum Gasteiger partial charge on any atom is -0.483 e. The smallest absolute Gasteiger partial charge is 0.409 e. The minimum atomic E-state index is -1.12. The van der Waals surface area contributed by atoms with Crippen molar-refractivity contribution in [1.82, 2.24) is 30.3 Å². The van der Waals surface area contributed by atoms with E-state index in [0.717, 1.165) is 24.8 Å². The van der Waals surface area contributed by atoms with Gasteiger partial charge in [-0.15, -0.1) is 0 Å². The number of nitrogens with one attached hydrogen (secondary N) is 2. The van der Waals surface area contributed by atoms with E-state index in [0.29, 0.717) is 36.9 Å². The normalized spacial score (nSPS) is 17.8. The molecule has 0 unspecified atom stereocenters. The predicted octanol–water partition coefficient (Wildman–Crippen LogP) is 2.34. The number of pyridine rings is 1. The van der Waals surface area contributed by atoms with Gasteiger partial charge in [0, 0.05) is 63.2 Å². The maximum atomic E-state index is 13.9. The zero-order valence-corrected chi connectivity index (χ0v) is 31.4. The van der Waals surface area contributed by atoms with Gasteiger partial charge in [0.1, 0.15) is 30.1 Å². The maximum absolute atomic E-state index is 13.9. The van der Waals surface area contributed by atoms with Crippen LogP contribution >= 0.6 is 0 Å². The van der Waals surface area contributed by atoms with E-state index in [9.17, 15) is 28.8 Å². The highest BCUT2D eigenvalue weighted by Gasteiger charge is 2.36. The monoisotopic (exact) mass is 752 g/mol. The van der Waals surface area contributed by atoms with Gasteiger partial charge < -0.3 is 44.3 Å². The molecule has 0 radical (unpaired) electrons. The van der Waals surface area contributed by atoms with Crippen LogP contribution in [-0.4, -0.2) is 139 Å². The van der Waals surface area contributed by atoms with Crippen molar-refractivity contribution < 1.29 is 47.7 Å². The Morgan fingerprint density at radius 3 is 2.35 bits per heavy atom. The van der Waals surface area contributed by atoms with Gasteiger partial charge in [-0.2, -0.15) is 0 Å². The first-order chi connectivity index (χ1) is 26.1. The van der Waals surface area contributed by atoms with Crippen LogP contribution in [0.4, 0.5) is 4.79 Å².